The van der Waals surface area contributed by atoms with Gasteiger partial charge in [-0.25, -0.2) is 4.98 Å². The molecule has 2 aromatic heterocycles. The second-order valence-electron chi connectivity index (χ2n) is 7.60. The van der Waals surface area contributed by atoms with E-state index >= 15 is 0 Å². The molecule has 5 aromatic rings. The third-order valence-electron chi connectivity index (χ3n) is 5.54. The number of aromatic nitrogens is 3. The maximum absolute atomic E-state index is 9.90. The number of nitriles is 1. The molecule has 162 valence electrons. The van der Waals surface area contributed by atoms with E-state index in [0.717, 1.165) is 38.8 Å². The average molecular weight is 473 g/mol. The van der Waals surface area contributed by atoms with Gasteiger partial charge in [-0.15, -0.1) is 0 Å². The lowest BCUT2D eigenvalue weighted by atomic mass is 10.1. The molecule has 0 saturated carbocycles. The van der Waals surface area contributed by atoms with E-state index in [2.05, 4.69) is 26.7 Å². The summed E-state index contributed by atoms with van der Waals surface area (Å²) < 4.78 is 7.40. The van der Waals surface area contributed by atoms with E-state index in [4.69, 9.17) is 27.9 Å². The predicted octanol–water partition coefficient (Wildman–Crippen LogP) is 6.95. The van der Waals surface area contributed by atoms with Gasteiger partial charge in [-0.3, -0.25) is 0 Å². The SMILES string of the molecule is COc1ccc2nc(/C(C#N)=C\c3cn(Cc4ccc(Cl)cc4Cl)c4ccccc34)[nH]c2c1. The predicted molar refractivity (Wildman–Crippen MR) is 134 cm³/mol. The Kier molecular flexibility index (Phi) is 5.55. The number of hydrogen-bond acceptors (Lipinski definition) is 3. The molecule has 0 unspecified atom stereocenters. The smallest absolute Gasteiger partial charge is 0.149 e. The fourth-order valence-corrected chi connectivity index (χ4v) is 4.38. The van der Waals surface area contributed by atoms with Crippen LogP contribution in [0.15, 0.2) is 66.9 Å². The average Bonchev–Trinajstić information content (AvgIpc) is 3.40. The van der Waals surface area contributed by atoms with Gasteiger partial charge >= 0.3 is 0 Å². The number of hydrogen-bond donors (Lipinski definition) is 1. The van der Waals surface area contributed by atoms with Crippen LogP contribution in [-0.4, -0.2) is 21.6 Å². The van der Waals surface area contributed by atoms with Crippen LogP contribution < -0.4 is 4.74 Å². The fourth-order valence-electron chi connectivity index (χ4n) is 3.91. The number of nitrogens with one attached hydrogen (secondary N) is 1. The lowest BCUT2D eigenvalue weighted by Crippen LogP contribution is -1.98. The summed E-state index contributed by atoms with van der Waals surface area (Å²) in [5, 5.41) is 12.2. The second kappa shape index (κ2) is 8.67. The van der Waals surface area contributed by atoms with Crippen molar-refractivity contribution in [2.45, 2.75) is 6.54 Å². The number of nitrogens with zero attached hydrogens (tertiary/aromatic N) is 3. The molecular formula is C26H18Cl2N4O. The van der Waals surface area contributed by atoms with E-state index in [-0.39, 0.29) is 0 Å². The fraction of sp³-hybridized carbons (Fsp3) is 0.0769. The Morgan fingerprint density at radius 2 is 2.00 bits per heavy atom. The first-order valence-electron chi connectivity index (χ1n) is 10.2. The minimum absolute atomic E-state index is 0.442. The zero-order chi connectivity index (χ0) is 22.9. The summed E-state index contributed by atoms with van der Waals surface area (Å²) in [5.74, 6) is 1.24. The third kappa shape index (κ3) is 4.07. The van der Waals surface area contributed by atoms with Gasteiger partial charge < -0.3 is 14.3 Å². The van der Waals surface area contributed by atoms with Gasteiger partial charge in [0.2, 0.25) is 0 Å². The van der Waals surface area contributed by atoms with Gasteiger partial charge in [0.25, 0.3) is 0 Å². The van der Waals surface area contributed by atoms with Crippen LogP contribution in [0.2, 0.25) is 10.0 Å². The van der Waals surface area contributed by atoms with Gasteiger partial charge in [-0.05, 0) is 42.0 Å². The van der Waals surface area contributed by atoms with Crippen LogP contribution in [0, 0.1) is 11.3 Å². The van der Waals surface area contributed by atoms with Crippen molar-refractivity contribution in [3.63, 3.8) is 0 Å². The Morgan fingerprint density at radius 1 is 1.15 bits per heavy atom. The van der Waals surface area contributed by atoms with Crippen molar-refractivity contribution in [1.82, 2.24) is 14.5 Å². The van der Waals surface area contributed by atoms with Crippen LogP contribution >= 0.6 is 23.2 Å². The van der Waals surface area contributed by atoms with Crippen LogP contribution in [0.25, 0.3) is 33.6 Å². The van der Waals surface area contributed by atoms with Crippen LogP contribution in [0.5, 0.6) is 5.75 Å². The van der Waals surface area contributed by atoms with Crippen molar-refractivity contribution < 1.29 is 4.74 Å². The molecule has 33 heavy (non-hydrogen) atoms. The number of allylic oxidation sites excluding steroid dienone is 1. The van der Waals surface area contributed by atoms with Crippen molar-refractivity contribution in [2.75, 3.05) is 7.11 Å². The molecule has 0 aliphatic heterocycles. The molecule has 7 heteroatoms. The Hall–Kier alpha value is -3.72. The zero-order valence-electron chi connectivity index (χ0n) is 17.6. The number of rotatable bonds is 5. The summed E-state index contributed by atoms with van der Waals surface area (Å²) in [4.78, 5) is 7.82. The summed E-state index contributed by atoms with van der Waals surface area (Å²) in [6.07, 6.45) is 3.88. The Balaban J connectivity index is 1.58. The van der Waals surface area contributed by atoms with Crippen molar-refractivity contribution in [1.29, 1.82) is 5.26 Å². The lowest BCUT2D eigenvalue weighted by Gasteiger charge is -2.08. The first kappa shape index (κ1) is 21.1. The highest BCUT2D eigenvalue weighted by atomic mass is 35.5. The number of fused-ring (bicyclic) bond motifs is 2. The van der Waals surface area contributed by atoms with E-state index in [0.29, 0.717) is 28.0 Å². The molecule has 0 saturated heterocycles. The number of benzene rings is 3. The first-order chi connectivity index (χ1) is 16.1. The summed E-state index contributed by atoms with van der Waals surface area (Å²) in [5.41, 5.74) is 4.95. The maximum Gasteiger partial charge on any atom is 0.149 e. The maximum atomic E-state index is 9.90. The molecule has 3 aromatic carbocycles. The molecule has 0 atom stereocenters. The van der Waals surface area contributed by atoms with Gasteiger partial charge in [0, 0.05) is 45.3 Å². The highest BCUT2D eigenvalue weighted by Gasteiger charge is 2.13. The Labute approximate surface area is 200 Å². The molecule has 1 N–H and O–H groups in total. The lowest BCUT2D eigenvalue weighted by molar-refractivity contribution is 0.415. The monoisotopic (exact) mass is 472 g/mol. The van der Waals surface area contributed by atoms with Gasteiger partial charge in [0.1, 0.15) is 17.6 Å². The van der Waals surface area contributed by atoms with E-state index in [1.807, 2.05) is 60.8 Å². The highest BCUT2D eigenvalue weighted by Crippen LogP contribution is 2.29. The van der Waals surface area contributed by atoms with Crippen LogP contribution in [-0.2, 0) is 6.54 Å². The molecule has 0 spiro atoms. The highest BCUT2D eigenvalue weighted by molar-refractivity contribution is 6.35. The molecule has 0 fully saturated rings. The molecule has 5 nitrogen and oxygen atoms in total. The normalized spacial score (nSPS) is 11.8. The summed E-state index contributed by atoms with van der Waals surface area (Å²) in [7, 11) is 1.62. The van der Waals surface area contributed by atoms with Crippen molar-refractivity contribution in [3.05, 3.63) is 93.9 Å². The van der Waals surface area contributed by atoms with E-state index in [1.54, 1.807) is 13.2 Å². The number of halogens is 2. The number of H-pyrrole nitrogens is 1. The van der Waals surface area contributed by atoms with Crippen LogP contribution in [0.4, 0.5) is 0 Å². The molecule has 0 radical (unpaired) electrons. The van der Waals surface area contributed by atoms with Gasteiger partial charge in [-0.2, -0.15) is 5.26 Å². The second-order valence-corrected chi connectivity index (χ2v) is 8.45. The molecule has 2 heterocycles. The minimum atomic E-state index is 0.442. The van der Waals surface area contributed by atoms with E-state index < -0.39 is 0 Å². The number of para-hydroxylation sites is 1. The van der Waals surface area contributed by atoms with Gasteiger partial charge in [0.05, 0.1) is 23.7 Å². The van der Waals surface area contributed by atoms with E-state index in [1.165, 1.54) is 0 Å². The molecule has 5 rings (SSSR count). The molecule has 0 bridgehead atoms. The summed E-state index contributed by atoms with van der Waals surface area (Å²) in [6, 6.07) is 21.4. The summed E-state index contributed by atoms with van der Waals surface area (Å²) >= 11 is 12.5. The minimum Gasteiger partial charge on any atom is -0.497 e. The largest absolute Gasteiger partial charge is 0.497 e. The third-order valence-corrected chi connectivity index (χ3v) is 6.13. The molecule has 0 aliphatic rings. The van der Waals surface area contributed by atoms with Gasteiger partial charge in [-0.1, -0.05) is 47.5 Å². The first-order valence-corrected chi connectivity index (χ1v) is 11.0. The molecular weight excluding hydrogens is 455 g/mol. The standard InChI is InChI=1S/C26H18Cl2N4O/c1-33-20-8-9-23-24(12-20)31-26(30-23)17(13-29)10-18-15-32(25-5-3-2-4-21(18)25)14-16-6-7-19(27)11-22(16)28/h2-12,15H,14H2,1H3,(H,30,31)/b17-10-. The Morgan fingerprint density at radius 3 is 2.79 bits per heavy atom. The molecule has 0 amide bonds. The van der Waals surface area contributed by atoms with Crippen molar-refractivity contribution in [2.24, 2.45) is 0 Å². The number of methoxy groups -OCH3 is 1. The zero-order valence-corrected chi connectivity index (χ0v) is 19.2. The summed E-state index contributed by atoms with van der Waals surface area (Å²) in [6.45, 7) is 0.580. The van der Waals surface area contributed by atoms with Gasteiger partial charge in [0.15, 0.2) is 0 Å². The number of imidazole rings is 1. The van der Waals surface area contributed by atoms with Crippen LogP contribution in [0.1, 0.15) is 17.0 Å². The van der Waals surface area contributed by atoms with Crippen molar-refractivity contribution in [3.8, 4) is 11.8 Å². The van der Waals surface area contributed by atoms with Crippen molar-refractivity contribution >= 4 is 56.8 Å². The number of aromatic amines is 1. The van der Waals surface area contributed by atoms with E-state index in [9.17, 15) is 5.26 Å². The Bertz CT molecular complexity index is 1570. The quantitative estimate of drug-likeness (QED) is 0.281. The molecule has 0 aliphatic carbocycles. The number of ether oxygens (including phenoxy) is 1. The topological polar surface area (TPSA) is 66.6 Å². The van der Waals surface area contributed by atoms with Crippen LogP contribution in [0.3, 0.4) is 0 Å².